The standard InChI is InChI=1S/C30H37NO4/c1-30(2,3)31-17-16-23-24-19-27(35-29(33)21-12-8-5-9-13-21)26(18-22(24)14-15-25(23)31)34-28(32)20-10-6-4-7-11-20/h4-13,22-27H,14-19H2,1-3H3. The maximum atomic E-state index is 13.0. The van der Waals surface area contributed by atoms with Crippen molar-refractivity contribution < 1.29 is 19.1 Å². The van der Waals surface area contributed by atoms with E-state index in [2.05, 4.69) is 25.7 Å². The highest BCUT2D eigenvalue weighted by Crippen LogP contribution is 2.51. The van der Waals surface area contributed by atoms with Crippen LogP contribution in [0.5, 0.6) is 0 Å². The average molecular weight is 476 g/mol. The summed E-state index contributed by atoms with van der Waals surface area (Å²) in [6, 6.07) is 18.8. The van der Waals surface area contributed by atoms with Crippen LogP contribution in [0, 0.1) is 17.8 Å². The molecular formula is C30H37NO4. The molecule has 1 heterocycles. The lowest BCUT2D eigenvalue weighted by molar-refractivity contribution is -0.0958. The molecule has 2 aromatic carbocycles. The number of carbonyl (C=O) groups excluding carboxylic acids is 2. The van der Waals surface area contributed by atoms with Gasteiger partial charge in [0.15, 0.2) is 0 Å². The van der Waals surface area contributed by atoms with Crippen molar-refractivity contribution in [1.29, 1.82) is 0 Å². The minimum atomic E-state index is -0.431. The molecule has 5 nitrogen and oxygen atoms in total. The zero-order chi connectivity index (χ0) is 24.6. The first-order valence-electron chi connectivity index (χ1n) is 13.1. The van der Waals surface area contributed by atoms with Crippen molar-refractivity contribution in [3.63, 3.8) is 0 Å². The molecule has 2 aromatic rings. The van der Waals surface area contributed by atoms with Gasteiger partial charge in [0.2, 0.25) is 0 Å². The van der Waals surface area contributed by atoms with E-state index < -0.39 is 12.2 Å². The van der Waals surface area contributed by atoms with E-state index in [1.165, 1.54) is 12.8 Å². The normalized spacial score (nSPS) is 30.7. The van der Waals surface area contributed by atoms with E-state index in [1.54, 1.807) is 24.3 Å². The van der Waals surface area contributed by atoms with Gasteiger partial charge in [0, 0.05) is 11.6 Å². The molecule has 2 saturated carbocycles. The first-order valence-corrected chi connectivity index (χ1v) is 13.1. The Hall–Kier alpha value is -2.66. The fraction of sp³-hybridized carbons (Fsp3) is 0.533. The van der Waals surface area contributed by atoms with E-state index in [0.29, 0.717) is 34.9 Å². The molecule has 35 heavy (non-hydrogen) atoms. The number of fused-ring (bicyclic) bond motifs is 3. The summed E-state index contributed by atoms with van der Waals surface area (Å²) in [7, 11) is 0. The third-order valence-corrected chi connectivity index (χ3v) is 8.44. The molecule has 6 atom stereocenters. The van der Waals surface area contributed by atoms with Crippen molar-refractivity contribution >= 4 is 11.9 Å². The molecule has 1 saturated heterocycles. The van der Waals surface area contributed by atoms with Crippen molar-refractivity contribution in [3.05, 3.63) is 71.8 Å². The summed E-state index contributed by atoms with van der Waals surface area (Å²) < 4.78 is 12.1. The van der Waals surface area contributed by atoms with Gasteiger partial charge in [-0.1, -0.05) is 36.4 Å². The first kappa shape index (κ1) is 24.1. The van der Waals surface area contributed by atoms with Crippen LogP contribution in [0.3, 0.4) is 0 Å². The number of esters is 2. The van der Waals surface area contributed by atoms with Gasteiger partial charge in [-0.3, -0.25) is 4.90 Å². The second kappa shape index (κ2) is 9.77. The van der Waals surface area contributed by atoms with Crippen molar-refractivity contribution in [2.75, 3.05) is 6.54 Å². The Labute approximate surface area is 208 Å². The molecule has 0 spiro atoms. The average Bonchev–Trinajstić information content (AvgIpc) is 3.31. The van der Waals surface area contributed by atoms with Crippen LogP contribution in [-0.2, 0) is 9.47 Å². The quantitative estimate of drug-likeness (QED) is 0.527. The van der Waals surface area contributed by atoms with Crippen LogP contribution in [0.15, 0.2) is 60.7 Å². The molecule has 5 rings (SSSR count). The van der Waals surface area contributed by atoms with Gasteiger partial charge >= 0.3 is 11.9 Å². The van der Waals surface area contributed by atoms with E-state index in [4.69, 9.17) is 9.47 Å². The number of ether oxygens (including phenoxy) is 2. The molecule has 3 fully saturated rings. The Balaban J connectivity index is 1.36. The number of hydrogen-bond donors (Lipinski definition) is 0. The molecule has 6 unspecified atom stereocenters. The van der Waals surface area contributed by atoms with Crippen LogP contribution >= 0.6 is 0 Å². The van der Waals surface area contributed by atoms with Gasteiger partial charge in [-0.15, -0.1) is 0 Å². The number of hydrogen-bond acceptors (Lipinski definition) is 5. The summed E-state index contributed by atoms with van der Waals surface area (Å²) in [6.07, 6.45) is 4.18. The minimum absolute atomic E-state index is 0.161. The Bertz CT molecular complexity index is 1030. The molecule has 3 aliphatic rings. The highest BCUT2D eigenvalue weighted by atomic mass is 16.6. The molecule has 0 amide bonds. The summed E-state index contributed by atoms with van der Waals surface area (Å²) in [6.45, 7) is 8.06. The maximum absolute atomic E-state index is 13.0. The Morgan fingerprint density at radius 1 is 0.743 bits per heavy atom. The van der Waals surface area contributed by atoms with Crippen LogP contribution in [0.1, 0.15) is 73.6 Å². The van der Waals surface area contributed by atoms with Crippen molar-refractivity contribution in [3.8, 4) is 0 Å². The van der Waals surface area contributed by atoms with Crippen LogP contribution in [0.2, 0.25) is 0 Å². The Morgan fingerprint density at radius 3 is 1.83 bits per heavy atom. The lowest BCUT2D eigenvalue weighted by Gasteiger charge is -2.50. The largest absolute Gasteiger partial charge is 0.455 e. The fourth-order valence-electron chi connectivity index (χ4n) is 6.87. The zero-order valence-corrected chi connectivity index (χ0v) is 21.1. The smallest absolute Gasteiger partial charge is 0.338 e. The lowest BCUT2D eigenvalue weighted by Crippen LogP contribution is -2.53. The third-order valence-electron chi connectivity index (χ3n) is 8.44. The van der Waals surface area contributed by atoms with E-state index in [-0.39, 0.29) is 17.5 Å². The van der Waals surface area contributed by atoms with E-state index in [9.17, 15) is 9.59 Å². The van der Waals surface area contributed by atoms with Crippen LogP contribution in [-0.4, -0.2) is 47.2 Å². The predicted octanol–water partition coefficient (Wildman–Crippen LogP) is 5.75. The van der Waals surface area contributed by atoms with Gasteiger partial charge in [-0.25, -0.2) is 9.59 Å². The SMILES string of the molecule is CC(C)(C)N1CCC2C3CC(OC(=O)c4ccccc4)C(OC(=O)c4ccccc4)CC3CCC21. The molecule has 0 radical (unpaired) electrons. The summed E-state index contributed by atoms with van der Waals surface area (Å²) in [5, 5.41) is 0. The Kier molecular flexibility index (Phi) is 6.71. The van der Waals surface area contributed by atoms with Crippen LogP contribution in [0.25, 0.3) is 0 Å². The minimum Gasteiger partial charge on any atom is -0.455 e. The molecule has 2 aliphatic carbocycles. The molecule has 0 N–H and O–H groups in total. The van der Waals surface area contributed by atoms with E-state index in [1.807, 2.05) is 36.4 Å². The van der Waals surface area contributed by atoms with Crippen molar-refractivity contribution in [2.24, 2.45) is 17.8 Å². The second-order valence-electron chi connectivity index (χ2n) is 11.5. The molecular weight excluding hydrogens is 438 g/mol. The van der Waals surface area contributed by atoms with Gasteiger partial charge < -0.3 is 9.47 Å². The number of benzene rings is 2. The van der Waals surface area contributed by atoms with Gasteiger partial charge in [-0.2, -0.15) is 0 Å². The molecule has 5 heteroatoms. The number of carbonyl (C=O) groups is 2. The van der Waals surface area contributed by atoms with Gasteiger partial charge in [0.05, 0.1) is 11.1 Å². The number of likely N-dealkylation sites (tertiary alicyclic amines) is 1. The summed E-state index contributed by atoms with van der Waals surface area (Å²) >= 11 is 0. The van der Waals surface area contributed by atoms with E-state index in [0.717, 1.165) is 25.8 Å². The van der Waals surface area contributed by atoms with Crippen LogP contribution in [0.4, 0.5) is 0 Å². The fourth-order valence-corrected chi connectivity index (χ4v) is 6.87. The number of rotatable bonds is 4. The molecule has 186 valence electrons. The highest BCUT2D eigenvalue weighted by molar-refractivity contribution is 5.90. The Morgan fingerprint density at radius 2 is 1.29 bits per heavy atom. The van der Waals surface area contributed by atoms with Crippen LogP contribution < -0.4 is 0 Å². The lowest BCUT2D eigenvalue weighted by atomic mass is 9.62. The first-order chi connectivity index (χ1) is 16.8. The zero-order valence-electron chi connectivity index (χ0n) is 21.1. The summed E-state index contributed by atoms with van der Waals surface area (Å²) in [4.78, 5) is 28.6. The summed E-state index contributed by atoms with van der Waals surface area (Å²) in [5.74, 6) is 0.905. The monoisotopic (exact) mass is 475 g/mol. The third kappa shape index (κ3) is 5.02. The van der Waals surface area contributed by atoms with Crippen molar-refractivity contribution in [2.45, 2.75) is 76.7 Å². The van der Waals surface area contributed by atoms with Gasteiger partial charge in [0.25, 0.3) is 0 Å². The summed E-state index contributed by atoms with van der Waals surface area (Å²) in [5.41, 5.74) is 1.22. The second-order valence-corrected chi connectivity index (χ2v) is 11.5. The maximum Gasteiger partial charge on any atom is 0.338 e. The highest BCUT2D eigenvalue weighted by Gasteiger charge is 2.52. The molecule has 0 aromatic heterocycles. The van der Waals surface area contributed by atoms with Gasteiger partial charge in [0.1, 0.15) is 12.2 Å². The van der Waals surface area contributed by atoms with Crippen molar-refractivity contribution in [1.82, 2.24) is 4.90 Å². The van der Waals surface area contributed by atoms with E-state index >= 15 is 0 Å². The molecule has 1 aliphatic heterocycles. The van der Waals surface area contributed by atoms with Gasteiger partial charge in [-0.05, 0) is 101 Å². The number of nitrogens with zero attached hydrogens (tertiary/aromatic N) is 1. The topological polar surface area (TPSA) is 55.8 Å². The molecule has 0 bridgehead atoms. The predicted molar refractivity (Wildman–Crippen MR) is 135 cm³/mol.